The summed E-state index contributed by atoms with van der Waals surface area (Å²) in [6.45, 7) is 0.333. The Balaban J connectivity index is 1.41. The van der Waals surface area contributed by atoms with E-state index in [1.54, 1.807) is 12.3 Å². The second-order valence-corrected chi connectivity index (χ2v) is 6.30. The number of benzene rings is 3. The molecule has 0 saturated heterocycles. The van der Waals surface area contributed by atoms with Crippen molar-refractivity contribution >= 4 is 27.5 Å². The number of nitrogens with zero attached hydrogens (tertiary/aromatic N) is 2. The third-order valence-electron chi connectivity index (χ3n) is 4.54. The Morgan fingerprint density at radius 1 is 0.889 bits per heavy atom. The highest BCUT2D eigenvalue weighted by Crippen LogP contribution is 2.19. The van der Waals surface area contributed by atoms with Gasteiger partial charge in [-0.3, -0.25) is 9.59 Å². The van der Waals surface area contributed by atoms with E-state index >= 15 is 0 Å². The van der Waals surface area contributed by atoms with Crippen molar-refractivity contribution in [1.82, 2.24) is 9.78 Å². The molecule has 0 fully saturated rings. The summed E-state index contributed by atoms with van der Waals surface area (Å²) in [5, 5.41) is 7.68. The zero-order valence-corrected chi connectivity index (χ0v) is 14.7. The number of carbonyl (C=O) groups excluding carboxylic acids is 1. The van der Waals surface area contributed by atoms with E-state index in [-0.39, 0.29) is 31.1 Å². The van der Waals surface area contributed by atoms with Crippen molar-refractivity contribution < 1.29 is 9.53 Å². The molecular formula is C22H18N2O3. The summed E-state index contributed by atoms with van der Waals surface area (Å²) in [5.74, 6) is -0.319. The largest absolute Gasteiger partial charge is 0.463 e. The van der Waals surface area contributed by atoms with Crippen LogP contribution in [0.25, 0.3) is 21.5 Å². The van der Waals surface area contributed by atoms with Crippen LogP contribution in [0.15, 0.2) is 77.7 Å². The minimum absolute atomic E-state index is 0.106. The summed E-state index contributed by atoms with van der Waals surface area (Å²) >= 11 is 0. The molecule has 0 aliphatic rings. The molecular weight excluding hydrogens is 340 g/mol. The van der Waals surface area contributed by atoms with E-state index in [2.05, 4.69) is 5.10 Å². The van der Waals surface area contributed by atoms with E-state index in [9.17, 15) is 9.59 Å². The van der Waals surface area contributed by atoms with Crippen LogP contribution in [0.2, 0.25) is 0 Å². The van der Waals surface area contributed by atoms with E-state index in [0.717, 1.165) is 21.7 Å². The molecule has 1 heterocycles. The molecule has 0 N–H and O–H groups in total. The monoisotopic (exact) mass is 358 g/mol. The van der Waals surface area contributed by atoms with Crippen LogP contribution in [0.3, 0.4) is 0 Å². The maximum Gasteiger partial charge on any atom is 0.310 e. The third kappa shape index (κ3) is 3.58. The molecule has 4 aromatic rings. The number of fused-ring (bicyclic) bond motifs is 2. The van der Waals surface area contributed by atoms with Gasteiger partial charge in [0.15, 0.2) is 0 Å². The van der Waals surface area contributed by atoms with Gasteiger partial charge in [0.1, 0.15) is 6.61 Å². The van der Waals surface area contributed by atoms with Gasteiger partial charge >= 0.3 is 5.97 Å². The van der Waals surface area contributed by atoms with E-state index in [1.165, 1.54) is 4.68 Å². The third-order valence-corrected chi connectivity index (χ3v) is 4.54. The van der Waals surface area contributed by atoms with Crippen LogP contribution in [0.5, 0.6) is 0 Å². The highest BCUT2D eigenvalue weighted by molar-refractivity contribution is 5.89. The van der Waals surface area contributed by atoms with Gasteiger partial charge in [0.25, 0.3) is 5.56 Å². The summed E-state index contributed by atoms with van der Waals surface area (Å²) < 4.78 is 6.65. The van der Waals surface area contributed by atoms with Gasteiger partial charge in [-0.05, 0) is 22.4 Å². The Labute approximate surface area is 155 Å². The van der Waals surface area contributed by atoms with Crippen LogP contribution in [-0.2, 0) is 22.5 Å². The molecule has 4 rings (SSSR count). The zero-order chi connectivity index (χ0) is 18.6. The summed E-state index contributed by atoms with van der Waals surface area (Å²) in [6, 6.07) is 21.1. The average Bonchev–Trinajstić information content (AvgIpc) is 2.70. The molecule has 0 bridgehead atoms. The molecule has 0 unspecified atom stereocenters. The lowest BCUT2D eigenvalue weighted by molar-refractivity contribution is -0.143. The van der Waals surface area contributed by atoms with Gasteiger partial charge in [-0.2, -0.15) is 5.10 Å². The second-order valence-electron chi connectivity index (χ2n) is 6.30. The normalized spacial score (nSPS) is 11.0. The fourth-order valence-electron chi connectivity index (χ4n) is 3.19. The van der Waals surface area contributed by atoms with Gasteiger partial charge < -0.3 is 4.74 Å². The highest BCUT2D eigenvalue weighted by Gasteiger charge is 2.09. The Morgan fingerprint density at radius 3 is 2.44 bits per heavy atom. The maximum atomic E-state index is 12.4. The van der Waals surface area contributed by atoms with Crippen molar-refractivity contribution in [2.45, 2.75) is 13.0 Å². The van der Waals surface area contributed by atoms with Crippen LogP contribution in [-0.4, -0.2) is 22.4 Å². The van der Waals surface area contributed by atoms with Gasteiger partial charge in [-0.1, -0.05) is 60.7 Å². The first-order valence-electron chi connectivity index (χ1n) is 8.79. The van der Waals surface area contributed by atoms with Gasteiger partial charge in [-0.15, -0.1) is 0 Å². The van der Waals surface area contributed by atoms with Crippen LogP contribution in [0.4, 0.5) is 0 Å². The standard InChI is InChI=1S/C22H18N2O3/c25-21(14-17-9-5-8-16-6-1-3-10-19(16)17)27-13-12-24-22(26)20-11-4-2-7-18(20)15-23-24/h1-11,15H,12-14H2. The van der Waals surface area contributed by atoms with Crippen molar-refractivity contribution in [2.24, 2.45) is 0 Å². The molecule has 0 atom stereocenters. The predicted molar refractivity (Wildman–Crippen MR) is 105 cm³/mol. The van der Waals surface area contributed by atoms with Crippen molar-refractivity contribution in [3.05, 3.63) is 88.8 Å². The second kappa shape index (κ2) is 7.41. The molecule has 0 radical (unpaired) electrons. The Hall–Kier alpha value is -3.47. The summed E-state index contributed by atoms with van der Waals surface area (Å²) in [7, 11) is 0. The number of aromatic nitrogens is 2. The lowest BCUT2D eigenvalue weighted by Crippen LogP contribution is -2.25. The predicted octanol–water partition coefficient (Wildman–Crippen LogP) is 3.34. The van der Waals surface area contributed by atoms with Crippen LogP contribution in [0, 0.1) is 0 Å². The fraction of sp³-hybridized carbons (Fsp3) is 0.136. The molecule has 0 aliphatic carbocycles. The number of esters is 1. The smallest absolute Gasteiger partial charge is 0.310 e. The summed E-state index contributed by atoms with van der Waals surface area (Å²) in [5.41, 5.74) is 0.747. The quantitative estimate of drug-likeness (QED) is 0.514. The minimum atomic E-state index is -0.319. The van der Waals surface area contributed by atoms with E-state index in [0.29, 0.717) is 5.39 Å². The zero-order valence-electron chi connectivity index (χ0n) is 14.7. The summed E-state index contributed by atoms with van der Waals surface area (Å²) in [6.07, 6.45) is 1.84. The lowest BCUT2D eigenvalue weighted by atomic mass is 10.0. The Morgan fingerprint density at radius 2 is 1.59 bits per heavy atom. The molecule has 134 valence electrons. The van der Waals surface area contributed by atoms with Gasteiger partial charge in [0, 0.05) is 5.39 Å². The molecule has 0 saturated carbocycles. The molecule has 1 aromatic heterocycles. The molecule has 3 aromatic carbocycles. The molecule has 0 aliphatic heterocycles. The summed E-state index contributed by atoms with van der Waals surface area (Å²) in [4.78, 5) is 24.6. The van der Waals surface area contributed by atoms with Crippen molar-refractivity contribution in [1.29, 1.82) is 0 Å². The van der Waals surface area contributed by atoms with Gasteiger partial charge in [-0.25, -0.2) is 4.68 Å². The van der Waals surface area contributed by atoms with E-state index in [1.807, 2.05) is 60.7 Å². The van der Waals surface area contributed by atoms with Gasteiger partial charge in [0.05, 0.1) is 24.5 Å². The lowest BCUT2D eigenvalue weighted by Gasteiger charge is -2.09. The first-order chi connectivity index (χ1) is 13.2. The van der Waals surface area contributed by atoms with Crippen LogP contribution in [0.1, 0.15) is 5.56 Å². The average molecular weight is 358 g/mol. The van der Waals surface area contributed by atoms with E-state index in [4.69, 9.17) is 4.74 Å². The number of hydrogen-bond acceptors (Lipinski definition) is 4. The first-order valence-corrected chi connectivity index (χ1v) is 8.79. The maximum absolute atomic E-state index is 12.4. The van der Waals surface area contributed by atoms with Crippen molar-refractivity contribution in [2.75, 3.05) is 6.61 Å². The highest BCUT2D eigenvalue weighted by atomic mass is 16.5. The van der Waals surface area contributed by atoms with Crippen molar-refractivity contribution in [3.8, 4) is 0 Å². The fourth-order valence-corrected chi connectivity index (χ4v) is 3.19. The molecule has 0 spiro atoms. The topological polar surface area (TPSA) is 61.2 Å². The molecule has 5 nitrogen and oxygen atoms in total. The number of ether oxygens (including phenoxy) is 1. The van der Waals surface area contributed by atoms with Crippen LogP contribution < -0.4 is 5.56 Å². The molecule has 27 heavy (non-hydrogen) atoms. The SMILES string of the molecule is O=C(Cc1cccc2ccccc12)OCCn1ncc2ccccc2c1=O. The Bertz CT molecular complexity index is 1180. The van der Waals surface area contributed by atoms with Crippen LogP contribution >= 0.6 is 0 Å². The number of rotatable bonds is 5. The number of hydrogen-bond donors (Lipinski definition) is 0. The number of carbonyl (C=O) groups is 1. The van der Waals surface area contributed by atoms with E-state index < -0.39 is 0 Å². The first kappa shape index (κ1) is 17.0. The van der Waals surface area contributed by atoms with Crippen molar-refractivity contribution in [3.63, 3.8) is 0 Å². The Kier molecular flexibility index (Phi) is 4.66. The van der Waals surface area contributed by atoms with Gasteiger partial charge in [0.2, 0.25) is 0 Å². The minimum Gasteiger partial charge on any atom is -0.463 e. The molecule has 5 heteroatoms. The molecule has 0 amide bonds.